The average Bonchev–Trinajstić information content (AvgIpc) is 2.54. The summed E-state index contributed by atoms with van der Waals surface area (Å²) in [5.41, 5.74) is 2.44. The Bertz CT molecular complexity index is 710. The molecule has 0 saturated heterocycles. The van der Waals surface area contributed by atoms with Crippen LogP contribution in [0.3, 0.4) is 0 Å². The normalized spacial score (nSPS) is 11.5. The van der Waals surface area contributed by atoms with E-state index in [0.29, 0.717) is 11.1 Å². The van der Waals surface area contributed by atoms with E-state index < -0.39 is 17.7 Å². The van der Waals surface area contributed by atoms with Gasteiger partial charge in [-0.15, -0.1) is 0 Å². The smallest absolute Gasteiger partial charge is 0.418 e. The molecule has 2 aromatic rings. The Kier molecular flexibility index (Phi) is 5.00. The highest BCUT2D eigenvalue weighted by atomic mass is 19.4. The number of hydrogen-bond donors (Lipinski definition) is 1. The fourth-order valence-corrected chi connectivity index (χ4v) is 1.83. The van der Waals surface area contributed by atoms with E-state index in [0.717, 1.165) is 6.07 Å². The number of hydrogen-bond acceptors (Lipinski definition) is 4. The Morgan fingerprint density at radius 2 is 1.78 bits per heavy atom. The summed E-state index contributed by atoms with van der Waals surface area (Å²) in [4.78, 5) is 11.3. The Morgan fingerprint density at radius 3 is 2.39 bits per heavy atom. The Morgan fingerprint density at radius 1 is 1.13 bits per heavy atom. The van der Waals surface area contributed by atoms with Crippen molar-refractivity contribution in [2.45, 2.75) is 6.18 Å². The summed E-state index contributed by atoms with van der Waals surface area (Å²) in [6, 6.07) is 11.3. The van der Waals surface area contributed by atoms with E-state index in [4.69, 9.17) is 0 Å². The van der Waals surface area contributed by atoms with Crippen molar-refractivity contribution in [2.24, 2.45) is 5.10 Å². The van der Waals surface area contributed by atoms with E-state index in [-0.39, 0.29) is 5.69 Å². The van der Waals surface area contributed by atoms with Crippen LogP contribution in [0, 0.1) is 0 Å². The van der Waals surface area contributed by atoms with Crippen molar-refractivity contribution in [3.63, 3.8) is 0 Å². The standard InChI is InChI=1S/C16H13F3N2O2/c1-23-15(22)12-8-6-11(7-9-12)10-20-21-14-5-3-2-4-13(14)16(17,18)19/h2-10,21H,1H3/b20-10-. The number of nitrogens with zero attached hydrogens (tertiary/aromatic N) is 1. The van der Waals surface area contributed by atoms with Gasteiger partial charge in [0.15, 0.2) is 0 Å². The molecule has 0 amide bonds. The van der Waals surface area contributed by atoms with Crippen LogP contribution >= 0.6 is 0 Å². The van der Waals surface area contributed by atoms with Gasteiger partial charge in [0.2, 0.25) is 0 Å². The molecule has 2 rings (SSSR count). The first-order chi connectivity index (χ1) is 10.9. The van der Waals surface area contributed by atoms with Gasteiger partial charge in [-0.25, -0.2) is 4.79 Å². The summed E-state index contributed by atoms with van der Waals surface area (Å²) >= 11 is 0. The third-order valence-corrected chi connectivity index (χ3v) is 2.96. The van der Waals surface area contributed by atoms with E-state index in [1.54, 1.807) is 12.1 Å². The van der Waals surface area contributed by atoms with Gasteiger partial charge in [-0.1, -0.05) is 24.3 Å². The number of methoxy groups -OCH3 is 1. The molecule has 0 heterocycles. The molecule has 0 spiro atoms. The zero-order valence-corrected chi connectivity index (χ0v) is 12.1. The van der Waals surface area contributed by atoms with Crippen LogP contribution in [0.1, 0.15) is 21.5 Å². The lowest BCUT2D eigenvalue weighted by atomic mass is 10.1. The topological polar surface area (TPSA) is 50.7 Å². The van der Waals surface area contributed by atoms with Gasteiger partial charge in [0.1, 0.15) is 0 Å². The van der Waals surface area contributed by atoms with Crippen LogP contribution in [0.2, 0.25) is 0 Å². The van der Waals surface area contributed by atoms with Crippen molar-refractivity contribution in [3.05, 3.63) is 65.2 Å². The number of halogens is 3. The average molecular weight is 322 g/mol. The molecule has 0 unspecified atom stereocenters. The molecule has 1 N–H and O–H groups in total. The van der Waals surface area contributed by atoms with Crippen LogP contribution in [0.5, 0.6) is 0 Å². The molecule has 0 bridgehead atoms. The van der Waals surface area contributed by atoms with Crippen molar-refractivity contribution >= 4 is 17.9 Å². The van der Waals surface area contributed by atoms with Crippen LogP contribution < -0.4 is 5.43 Å². The van der Waals surface area contributed by atoms with E-state index in [2.05, 4.69) is 15.3 Å². The third-order valence-electron chi connectivity index (χ3n) is 2.96. The molecule has 23 heavy (non-hydrogen) atoms. The maximum absolute atomic E-state index is 12.8. The molecule has 0 atom stereocenters. The van der Waals surface area contributed by atoms with Gasteiger partial charge in [0.05, 0.1) is 30.1 Å². The number of ether oxygens (including phenoxy) is 1. The second-order valence-electron chi connectivity index (χ2n) is 4.53. The first-order valence-corrected chi connectivity index (χ1v) is 6.55. The number of carbonyl (C=O) groups is 1. The minimum Gasteiger partial charge on any atom is -0.465 e. The Balaban J connectivity index is 2.09. The summed E-state index contributed by atoms with van der Waals surface area (Å²) in [7, 11) is 1.28. The lowest BCUT2D eigenvalue weighted by molar-refractivity contribution is -0.136. The van der Waals surface area contributed by atoms with Gasteiger partial charge >= 0.3 is 12.1 Å². The van der Waals surface area contributed by atoms with Crippen molar-refractivity contribution in [3.8, 4) is 0 Å². The first-order valence-electron chi connectivity index (χ1n) is 6.55. The highest BCUT2D eigenvalue weighted by molar-refractivity contribution is 5.90. The summed E-state index contributed by atoms with van der Waals surface area (Å²) < 4.78 is 43.0. The zero-order valence-electron chi connectivity index (χ0n) is 12.1. The monoisotopic (exact) mass is 322 g/mol. The van der Waals surface area contributed by atoms with E-state index >= 15 is 0 Å². The number of anilines is 1. The number of alkyl halides is 3. The molecule has 0 aromatic heterocycles. The van der Waals surface area contributed by atoms with E-state index in [9.17, 15) is 18.0 Å². The number of rotatable bonds is 4. The summed E-state index contributed by atoms with van der Waals surface area (Å²) in [5, 5.41) is 3.79. The molecule has 2 aromatic carbocycles. The third kappa shape index (κ3) is 4.32. The minimum atomic E-state index is -4.46. The van der Waals surface area contributed by atoms with Crippen molar-refractivity contribution in [1.29, 1.82) is 0 Å². The first kappa shape index (κ1) is 16.5. The molecule has 4 nitrogen and oxygen atoms in total. The number of esters is 1. The molecule has 0 aliphatic heterocycles. The highest BCUT2D eigenvalue weighted by Gasteiger charge is 2.33. The largest absolute Gasteiger partial charge is 0.465 e. The summed E-state index contributed by atoms with van der Waals surface area (Å²) in [6.45, 7) is 0. The number of para-hydroxylation sites is 1. The van der Waals surface area contributed by atoms with Gasteiger partial charge in [-0.2, -0.15) is 18.3 Å². The van der Waals surface area contributed by atoms with Crippen LogP contribution in [-0.2, 0) is 10.9 Å². The van der Waals surface area contributed by atoms with Gasteiger partial charge in [-0.05, 0) is 29.8 Å². The van der Waals surface area contributed by atoms with Crippen molar-refractivity contribution in [1.82, 2.24) is 0 Å². The lowest BCUT2D eigenvalue weighted by Crippen LogP contribution is -2.08. The predicted octanol–water partition coefficient (Wildman–Crippen LogP) is 3.94. The summed E-state index contributed by atoms with van der Waals surface area (Å²) in [6.07, 6.45) is -3.10. The molecule has 0 aliphatic carbocycles. The highest BCUT2D eigenvalue weighted by Crippen LogP contribution is 2.34. The number of hydrazone groups is 1. The van der Waals surface area contributed by atoms with Crippen LogP contribution in [0.25, 0.3) is 0 Å². The molecule has 7 heteroatoms. The molecule has 0 radical (unpaired) electrons. The minimum absolute atomic E-state index is 0.137. The number of nitrogens with one attached hydrogen (secondary N) is 1. The Labute approximate surface area is 130 Å². The molecule has 120 valence electrons. The Hall–Kier alpha value is -2.83. The lowest BCUT2D eigenvalue weighted by Gasteiger charge is -2.11. The van der Waals surface area contributed by atoms with Crippen LogP contribution in [-0.4, -0.2) is 19.3 Å². The van der Waals surface area contributed by atoms with Crippen molar-refractivity contribution in [2.75, 3.05) is 12.5 Å². The van der Waals surface area contributed by atoms with E-state index in [1.807, 2.05) is 0 Å². The van der Waals surface area contributed by atoms with E-state index in [1.165, 1.54) is 43.7 Å². The maximum atomic E-state index is 12.8. The predicted molar refractivity (Wildman–Crippen MR) is 80.4 cm³/mol. The fraction of sp³-hybridized carbons (Fsp3) is 0.125. The zero-order chi connectivity index (χ0) is 16.9. The number of benzene rings is 2. The molecular formula is C16H13F3N2O2. The quantitative estimate of drug-likeness (QED) is 0.527. The summed E-state index contributed by atoms with van der Waals surface area (Å²) in [5.74, 6) is -0.467. The van der Waals surface area contributed by atoms with Gasteiger partial charge in [0.25, 0.3) is 0 Å². The molecular weight excluding hydrogens is 309 g/mol. The second kappa shape index (κ2) is 6.95. The van der Waals surface area contributed by atoms with Crippen LogP contribution in [0.4, 0.5) is 18.9 Å². The number of carbonyl (C=O) groups excluding carboxylic acids is 1. The van der Waals surface area contributed by atoms with Gasteiger partial charge in [0, 0.05) is 0 Å². The van der Waals surface area contributed by atoms with Gasteiger partial charge in [-0.3, -0.25) is 5.43 Å². The molecule has 0 saturated carbocycles. The van der Waals surface area contributed by atoms with Crippen molar-refractivity contribution < 1.29 is 22.7 Å². The second-order valence-corrected chi connectivity index (χ2v) is 4.53. The molecule has 0 aliphatic rings. The SMILES string of the molecule is COC(=O)c1ccc(/C=N\Nc2ccccc2C(F)(F)F)cc1. The maximum Gasteiger partial charge on any atom is 0.418 e. The van der Waals surface area contributed by atoms with Gasteiger partial charge < -0.3 is 4.74 Å². The molecule has 0 fully saturated rings. The fourth-order valence-electron chi connectivity index (χ4n) is 1.83. The van der Waals surface area contributed by atoms with Crippen LogP contribution in [0.15, 0.2) is 53.6 Å².